The Morgan fingerprint density at radius 1 is 1.06 bits per heavy atom. The minimum Gasteiger partial charge on any atom is -0.403 e. The highest BCUT2D eigenvalue weighted by atomic mass is 35.5. The number of halogens is 1. The van der Waals surface area contributed by atoms with Gasteiger partial charge in [0.1, 0.15) is 0 Å². The molecule has 0 radical (unpaired) electrons. The van der Waals surface area contributed by atoms with E-state index in [0.717, 1.165) is 25.6 Å². The largest absolute Gasteiger partial charge is 0.457 e. The quantitative estimate of drug-likeness (QED) is 0.795. The third kappa shape index (κ3) is 2.98. The van der Waals surface area contributed by atoms with Gasteiger partial charge in [-0.1, -0.05) is 0 Å². The molecular formula is C12H25BClNO2. The Hall–Kier alpha value is 0.235. The van der Waals surface area contributed by atoms with Crippen molar-refractivity contribution in [3.8, 4) is 0 Å². The third-order valence-electron chi connectivity index (χ3n) is 4.53. The van der Waals surface area contributed by atoms with Gasteiger partial charge in [0.15, 0.2) is 0 Å². The van der Waals surface area contributed by atoms with Gasteiger partial charge in [0, 0.05) is 5.54 Å². The molecule has 2 fully saturated rings. The predicted molar refractivity (Wildman–Crippen MR) is 73.5 cm³/mol. The zero-order valence-electron chi connectivity index (χ0n) is 11.4. The van der Waals surface area contributed by atoms with Gasteiger partial charge in [-0.15, -0.1) is 12.4 Å². The highest BCUT2D eigenvalue weighted by Crippen LogP contribution is 2.40. The van der Waals surface area contributed by atoms with Crippen molar-refractivity contribution in [2.24, 2.45) is 5.73 Å². The van der Waals surface area contributed by atoms with E-state index >= 15 is 0 Å². The van der Waals surface area contributed by atoms with Crippen molar-refractivity contribution in [1.82, 2.24) is 0 Å². The molecule has 0 aromatic rings. The average molecular weight is 262 g/mol. The van der Waals surface area contributed by atoms with Crippen molar-refractivity contribution in [2.75, 3.05) is 0 Å². The fraction of sp³-hybridized carbons (Fsp3) is 1.00. The maximum Gasteiger partial charge on any atom is 0.457 e. The van der Waals surface area contributed by atoms with Crippen LogP contribution >= 0.6 is 12.4 Å². The summed E-state index contributed by atoms with van der Waals surface area (Å²) in [6, 6.07) is 0. The second-order valence-corrected chi connectivity index (χ2v) is 6.44. The normalized spacial score (nSPS) is 28.4. The van der Waals surface area contributed by atoms with E-state index in [1.165, 1.54) is 6.42 Å². The summed E-state index contributed by atoms with van der Waals surface area (Å²) in [5.74, 6) is 0. The SMILES string of the molecule is CC1(C)OB(CCC2(N)CCC2)OC1(C)C.Cl. The molecule has 0 aromatic heterocycles. The number of rotatable bonds is 3. The van der Waals surface area contributed by atoms with Crippen LogP contribution in [0, 0.1) is 0 Å². The summed E-state index contributed by atoms with van der Waals surface area (Å²) in [4.78, 5) is 0. The highest BCUT2D eigenvalue weighted by molar-refractivity contribution is 6.45. The molecule has 2 N–H and O–H groups in total. The second-order valence-electron chi connectivity index (χ2n) is 6.44. The van der Waals surface area contributed by atoms with Gasteiger partial charge in [0.25, 0.3) is 0 Å². The van der Waals surface area contributed by atoms with Crippen LogP contribution in [0.4, 0.5) is 0 Å². The predicted octanol–water partition coefficient (Wildman–Crippen LogP) is 2.77. The van der Waals surface area contributed by atoms with Gasteiger partial charge in [-0.25, -0.2) is 0 Å². The van der Waals surface area contributed by atoms with E-state index in [1.54, 1.807) is 0 Å². The van der Waals surface area contributed by atoms with Crippen LogP contribution in [0.5, 0.6) is 0 Å². The summed E-state index contributed by atoms with van der Waals surface area (Å²) < 4.78 is 11.9. The van der Waals surface area contributed by atoms with Crippen molar-refractivity contribution in [3.05, 3.63) is 0 Å². The van der Waals surface area contributed by atoms with E-state index in [9.17, 15) is 0 Å². The first-order valence-electron chi connectivity index (χ1n) is 6.39. The molecule has 0 aromatic carbocycles. The molecule has 5 heteroatoms. The van der Waals surface area contributed by atoms with Crippen LogP contribution in [-0.2, 0) is 9.31 Å². The molecule has 1 aliphatic carbocycles. The van der Waals surface area contributed by atoms with Gasteiger partial charge < -0.3 is 15.0 Å². The van der Waals surface area contributed by atoms with Crippen LogP contribution in [-0.4, -0.2) is 23.9 Å². The number of hydrogen-bond donors (Lipinski definition) is 1. The van der Waals surface area contributed by atoms with E-state index < -0.39 is 0 Å². The van der Waals surface area contributed by atoms with Crippen LogP contribution in [0.15, 0.2) is 0 Å². The Morgan fingerprint density at radius 2 is 1.53 bits per heavy atom. The fourth-order valence-corrected chi connectivity index (χ4v) is 2.37. The van der Waals surface area contributed by atoms with E-state index in [0.29, 0.717) is 0 Å². The Morgan fingerprint density at radius 3 is 1.88 bits per heavy atom. The summed E-state index contributed by atoms with van der Waals surface area (Å²) in [6.45, 7) is 8.37. The van der Waals surface area contributed by atoms with Gasteiger partial charge in [0.05, 0.1) is 11.2 Å². The van der Waals surface area contributed by atoms with Gasteiger partial charge in [-0.3, -0.25) is 0 Å². The minimum absolute atomic E-state index is 0. The molecule has 0 atom stereocenters. The monoisotopic (exact) mass is 261 g/mol. The summed E-state index contributed by atoms with van der Waals surface area (Å²) in [5.41, 5.74) is 5.86. The minimum atomic E-state index is -0.209. The van der Waals surface area contributed by atoms with Crippen LogP contribution < -0.4 is 5.73 Å². The van der Waals surface area contributed by atoms with Crippen LogP contribution in [0.2, 0.25) is 6.32 Å². The molecule has 1 aliphatic heterocycles. The molecule has 0 bridgehead atoms. The zero-order chi connectivity index (χ0) is 12.0. The van der Waals surface area contributed by atoms with Crippen molar-refractivity contribution < 1.29 is 9.31 Å². The van der Waals surface area contributed by atoms with Crippen molar-refractivity contribution in [1.29, 1.82) is 0 Å². The Kier molecular flexibility index (Phi) is 4.25. The molecule has 2 aliphatic rings. The number of hydrogen-bond acceptors (Lipinski definition) is 3. The molecule has 0 unspecified atom stereocenters. The van der Waals surface area contributed by atoms with E-state index in [1.807, 2.05) is 0 Å². The van der Waals surface area contributed by atoms with Crippen molar-refractivity contribution >= 4 is 19.5 Å². The Balaban J connectivity index is 0.00000144. The number of nitrogens with two attached hydrogens (primary N) is 1. The van der Waals surface area contributed by atoms with Crippen molar-refractivity contribution in [3.63, 3.8) is 0 Å². The van der Waals surface area contributed by atoms with Gasteiger partial charge in [-0.05, 0) is 59.7 Å². The summed E-state index contributed by atoms with van der Waals surface area (Å²) in [7, 11) is -0.0778. The highest BCUT2D eigenvalue weighted by Gasteiger charge is 2.51. The lowest BCUT2D eigenvalue weighted by atomic mass is 9.69. The summed E-state index contributed by atoms with van der Waals surface area (Å²) in [6.07, 6.45) is 5.53. The smallest absolute Gasteiger partial charge is 0.403 e. The van der Waals surface area contributed by atoms with Gasteiger partial charge >= 0.3 is 7.12 Å². The van der Waals surface area contributed by atoms with Crippen LogP contribution in [0.3, 0.4) is 0 Å². The van der Waals surface area contributed by atoms with E-state index in [2.05, 4.69) is 27.7 Å². The first-order valence-corrected chi connectivity index (χ1v) is 6.39. The maximum atomic E-state index is 6.21. The molecule has 1 heterocycles. The van der Waals surface area contributed by atoms with Crippen molar-refractivity contribution in [2.45, 2.75) is 76.4 Å². The maximum absolute atomic E-state index is 6.21. The third-order valence-corrected chi connectivity index (χ3v) is 4.53. The van der Waals surface area contributed by atoms with E-state index in [-0.39, 0.29) is 36.3 Å². The fourth-order valence-electron chi connectivity index (χ4n) is 2.37. The lowest BCUT2D eigenvalue weighted by Gasteiger charge is -2.38. The summed E-state index contributed by atoms with van der Waals surface area (Å²) >= 11 is 0. The Labute approximate surface area is 111 Å². The molecule has 0 spiro atoms. The molecule has 2 rings (SSSR count). The molecule has 1 saturated carbocycles. The Bertz CT molecular complexity index is 264. The summed E-state index contributed by atoms with van der Waals surface area (Å²) in [5, 5.41) is 0. The second kappa shape index (κ2) is 4.73. The van der Waals surface area contributed by atoms with E-state index in [4.69, 9.17) is 15.0 Å². The van der Waals surface area contributed by atoms with Gasteiger partial charge in [-0.2, -0.15) is 0 Å². The molecule has 100 valence electrons. The topological polar surface area (TPSA) is 44.5 Å². The molecular weight excluding hydrogens is 236 g/mol. The first kappa shape index (κ1) is 15.3. The van der Waals surface area contributed by atoms with Crippen LogP contribution in [0.25, 0.3) is 0 Å². The van der Waals surface area contributed by atoms with Gasteiger partial charge in [0.2, 0.25) is 0 Å². The molecule has 1 saturated heterocycles. The standard InChI is InChI=1S/C12H24BNO2.ClH/c1-10(2)11(3,4)16-13(15-10)9-8-12(14)6-5-7-12;/h5-9,14H2,1-4H3;1H. The first-order chi connectivity index (χ1) is 7.24. The lowest BCUT2D eigenvalue weighted by molar-refractivity contribution is 0.00578. The molecule has 0 amide bonds. The van der Waals surface area contributed by atoms with Crippen LogP contribution in [0.1, 0.15) is 53.4 Å². The lowest BCUT2D eigenvalue weighted by Crippen LogP contribution is -2.47. The average Bonchev–Trinajstić information content (AvgIpc) is 2.29. The molecule has 17 heavy (non-hydrogen) atoms. The molecule has 3 nitrogen and oxygen atoms in total. The zero-order valence-corrected chi connectivity index (χ0v) is 12.2.